The molecule has 2 nitrogen and oxygen atoms in total. The fourth-order valence-electron chi connectivity index (χ4n) is 1.70. The van der Waals surface area contributed by atoms with Gasteiger partial charge in [0, 0.05) is 17.1 Å². The number of hydrogen-bond acceptors (Lipinski definition) is 2. The molecule has 0 radical (unpaired) electrons. The molecule has 1 unspecified atom stereocenters. The molecule has 0 amide bonds. The average Bonchev–Trinajstić information content (AvgIpc) is 3.04. The first-order valence-electron chi connectivity index (χ1n) is 5.92. The minimum atomic E-state index is 0.132. The Balaban J connectivity index is 1.96. The third-order valence-electron chi connectivity index (χ3n) is 2.78. The molecule has 0 aliphatic heterocycles. The Hall–Kier alpha value is -0.250. The van der Waals surface area contributed by atoms with Crippen LogP contribution in [0.4, 0.5) is 0 Å². The average molecular weight is 319 g/mol. The number of hydrogen-bond donors (Lipinski definition) is 1. The van der Waals surface area contributed by atoms with Crippen molar-refractivity contribution < 1.29 is 4.74 Å². The zero-order chi connectivity index (χ0) is 12.4. The van der Waals surface area contributed by atoms with Gasteiger partial charge in [-0.15, -0.1) is 0 Å². The minimum absolute atomic E-state index is 0.132. The van der Waals surface area contributed by atoms with Gasteiger partial charge < -0.3 is 10.1 Å². The van der Waals surface area contributed by atoms with Crippen LogP contribution < -0.4 is 10.1 Å². The van der Waals surface area contributed by atoms with Gasteiger partial charge in [0.2, 0.25) is 0 Å². The van der Waals surface area contributed by atoms with Crippen molar-refractivity contribution in [2.24, 2.45) is 0 Å². The predicted molar refractivity (Wildman–Crippen MR) is 75.0 cm³/mol. The quantitative estimate of drug-likeness (QED) is 0.888. The second kappa shape index (κ2) is 5.59. The lowest BCUT2D eigenvalue weighted by atomic mass is 10.2. The van der Waals surface area contributed by atoms with Crippen LogP contribution in [0.15, 0.2) is 16.6 Å². The van der Waals surface area contributed by atoms with E-state index in [0.29, 0.717) is 11.1 Å². The van der Waals surface area contributed by atoms with Gasteiger partial charge in [-0.05, 0) is 44.4 Å². The Morgan fingerprint density at radius 1 is 1.53 bits per heavy atom. The van der Waals surface area contributed by atoms with Crippen LogP contribution in [-0.4, -0.2) is 18.7 Å². The predicted octanol–water partition coefficient (Wildman–Crippen LogP) is 3.93. The number of nitrogens with one attached hydrogen (secondary N) is 1. The van der Waals surface area contributed by atoms with Crippen LogP contribution >= 0.6 is 27.5 Å². The summed E-state index contributed by atoms with van der Waals surface area (Å²) in [6, 6.07) is 4.59. The highest BCUT2D eigenvalue weighted by Gasteiger charge is 2.21. The molecular weight excluding hydrogens is 302 g/mol. The molecule has 17 heavy (non-hydrogen) atoms. The molecule has 0 heterocycles. The minimum Gasteiger partial charge on any atom is -0.488 e. The molecule has 0 saturated heterocycles. The van der Waals surface area contributed by atoms with Crippen molar-refractivity contribution in [2.75, 3.05) is 6.54 Å². The van der Waals surface area contributed by atoms with Crippen molar-refractivity contribution in [2.45, 2.75) is 38.8 Å². The molecule has 0 aromatic heterocycles. The summed E-state index contributed by atoms with van der Waals surface area (Å²) in [7, 11) is 0. The zero-order valence-corrected chi connectivity index (χ0v) is 12.4. The van der Waals surface area contributed by atoms with E-state index in [-0.39, 0.29) is 6.10 Å². The van der Waals surface area contributed by atoms with Crippen LogP contribution in [0.2, 0.25) is 5.02 Å². The van der Waals surface area contributed by atoms with Crippen molar-refractivity contribution in [3.8, 4) is 5.75 Å². The van der Waals surface area contributed by atoms with Crippen molar-refractivity contribution in [1.82, 2.24) is 5.32 Å². The molecule has 1 aliphatic rings. The maximum Gasteiger partial charge on any atom is 0.141 e. The van der Waals surface area contributed by atoms with Gasteiger partial charge in [-0.3, -0.25) is 0 Å². The van der Waals surface area contributed by atoms with Gasteiger partial charge in [0.15, 0.2) is 0 Å². The van der Waals surface area contributed by atoms with Crippen molar-refractivity contribution in [1.29, 1.82) is 0 Å². The van der Waals surface area contributed by atoms with Crippen molar-refractivity contribution in [3.05, 3.63) is 27.2 Å². The number of benzene rings is 1. The highest BCUT2D eigenvalue weighted by Crippen LogP contribution is 2.32. The van der Waals surface area contributed by atoms with Crippen LogP contribution in [0.5, 0.6) is 5.75 Å². The first-order valence-corrected chi connectivity index (χ1v) is 7.09. The largest absolute Gasteiger partial charge is 0.488 e. The fraction of sp³-hybridized carbons (Fsp3) is 0.538. The topological polar surface area (TPSA) is 21.3 Å². The molecule has 1 fully saturated rings. The van der Waals surface area contributed by atoms with E-state index in [1.807, 2.05) is 19.1 Å². The molecule has 1 saturated carbocycles. The van der Waals surface area contributed by atoms with Crippen LogP contribution in [0.25, 0.3) is 0 Å². The van der Waals surface area contributed by atoms with Crippen LogP contribution in [0, 0.1) is 6.92 Å². The third kappa shape index (κ3) is 3.87. The number of aryl methyl sites for hydroxylation is 1. The Labute approximate surface area is 116 Å². The first-order chi connectivity index (χ1) is 8.06. The smallest absolute Gasteiger partial charge is 0.141 e. The van der Waals surface area contributed by atoms with Crippen LogP contribution in [0.1, 0.15) is 25.3 Å². The second-order valence-electron chi connectivity index (χ2n) is 4.64. The van der Waals surface area contributed by atoms with Gasteiger partial charge in [-0.1, -0.05) is 27.5 Å². The monoisotopic (exact) mass is 317 g/mol. The molecule has 1 atom stereocenters. The number of rotatable bonds is 5. The SMILES string of the molecule is Cc1cc(Br)cc(Cl)c1OC(C)CNC1CC1. The van der Waals surface area contributed by atoms with Gasteiger partial charge >= 0.3 is 0 Å². The molecule has 4 heteroatoms. The maximum absolute atomic E-state index is 6.18. The lowest BCUT2D eigenvalue weighted by Gasteiger charge is -2.18. The molecule has 0 bridgehead atoms. The molecular formula is C13H17BrClNO. The van der Waals surface area contributed by atoms with Crippen LogP contribution in [-0.2, 0) is 0 Å². The summed E-state index contributed by atoms with van der Waals surface area (Å²) in [4.78, 5) is 0. The zero-order valence-electron chi connectivity index (χ0n) is 10.1. The summed E-state index contributed by atoms with van der Waals surface area (Å²) >= 11 is 9.60. The van der Waals surface area contributed by atoms with E-state index in [1.54, 1.807) is 0 Å². The summed E-state index contributed by atoms with van der Waals surface area (Å²) in [5.74, 6) is 0.792. The lowest BCUT2D eigenvalue weighted by molar-refractivity contribution is 0.215. The molecule has 0 spiro atoms. The summed E-state index contributed by atoms with van der Waals surface area (Å²) in [6.45, 7) is 4.94. The third-order valence-corrected chi connectivity index (χ3v) is 3.52. The molecule has 94 valence electrons. The van der Waals surface area contributed by atoms with Gasteiger partial charge in [0.05, 0.1) is 5.02 Å². The van der Waals surface area contributed by atoms with E-state index >= 15 is 0 Å². The van der Waals surface area contributed by atoms with Gasteiger partial charge in [0.1, 0.15) is 11.9 Å². The fourth-order valence-corrected chi connectivity index (χ4v) is 2.72. The molecule has 1 aliphatic carbocycles. The van der Waals surface area contributed by atoms with E-state index in [4.69, 9.17) is 16.3 Å². The number of halogens is 2. The van der Waals surface area contributed by atoms with Gasteiger partial charge in [0.25, 0.3) is 0 Å². The van der Waals surface area contributed by atoms with Gasteiger partial charge in [-0.2, -0.15) is 0 Å². The summed E-state index contributed by atoms with van der Waals surface area (Å²) in [6.07, 6.45) is 2.73. The Morgan fingerprint density at radius 3 is 2.82 bits per heavy atom. The van der Waals surface area contributed by atoms with E-state index < -0.39 is 0 Å². The molecule has 2 rings (SSSR count). The molecule has 1 aromatic rings. The standard InChI is InChI=1S/C13H17BrClNO/c1-8-5-10(14)6-12(15)13(8)17-9(2)7-16-11-3-4-11/h5-6,9,11,16H,3-4,7H2,1-2H3. The van der Waals surface area contributed by atoms with E-state index in [0.717, 1.165) is 22.3 Å². The van der Waals surface area contributed by atoms with Gasteiger partial charge in [-0.25, -0.2) is 0 Å². The second-order valence-corrected chi connectivity index (χ2v) is 5.97. The van der Waals surface area contributed by atoms with E-state index in [9.17, 15) is 0 Å². The highest BCUT2D eigenvalue weighted by atomic mass is 79.9. The normalized spacial score (nSPS) is 16.9. The highest BCUT2D eigenvalue weighted by molar-refractivity contribution is 9.10. The maximum atomic E-state index is 6.18. The van der Waals surface area contributed by atoms with E-state index in [2.05, 4.69) is 28.2 Å². The first kappa shape index (κ1) is 13.2. The number of ether oxygens (including phenoxy) is 1. The Morgan fingerprint density at radius 2 is 2.24 bits per heavy atom. The summed E-state index contributed by atoms with van der Waals surface area (Å²) in [5.41, 5.74) is 1.06. The van der Waals surface area contributed by atoms with Crippen molar-refractivity contribution in [3.63, 3.8) is 0 Å². The summed E-state index contributed by atoms with van der Waals surface area (Å²) in [5, 5.41) is 4.11. The Bertz CT molecular complexity index is 383. The Kier molecular flexibility index (Phi) is 4.34. The summed E-state index contributed by atoms with van der Waals surface area (Å²) < 4.78 is 6.88. The van der Waals surface area contributed by atoms with Crippen molar-refractivity contribution >= 4 is 27.5 Å². The van der Waals surface area contributed by atoms with E-state index in [1.165, 1.54) is 12.8 Å². The molecule has 1 N–H and O–H groups in total. The van der Waals surface area contributed by atoms with Crippen LogP contribution in [0.3, 0.4) is 0 Å². The molecule has 1 aromatic carbocycles. The lowest BCUT2D eigenvalue weighted by Crippen LogP contribution is -2.30.